The molecule has 0 aliphatic carbocycles. The second kappa shape index (κ2) is 7.45. The number of aromatic amines is 1. The molecule has 25 heavy (non-hydrogen) atoms. The van der Waals surface area contributed by atoms with Crippen molar-refractivity contribution in [3.05, 3.63) is 17.5 Å². The number of piperidine rings is 1. The van der Waals surface area contributed by atoms with Gasteiger partial charge in [0.15, 0.2) is 0 Å². The molecule has 2 amide bonds. The SMILES string of the molecule is CC(C)N(C)C(=O)c1cn[nH]c1[C@H]1CCCN(C(=O)OC(C)(C)C)C1. The van der Waals surface area contributed by atoms with E-state index < -0.39 is 5.60 Å². The van der Waals surface area contributed by atoms with Crippen LogP contribution in [0.2, 0.25) is 0 Å². The zero-order chi connectivity index (χ0) is 18.8. The molecule has 0 bridgehead atoms. The average molecular weight is 350 g/mol. The predicted octanol–water partition coefficient (Wildman–Crippen LogP) is 3.00. The summed E-state index contributed by atoms with van der Waals surface area (Å²) in [5.41, 5.74) is 0.886. The van der Waals surface area contributed by atoms with E-state index in [2.05, 4.69) is 10.2 Å². The number of nitrogens with one attached hydrogen (secondary N) is 1. The molecular weight excluding hydrogens is 320 g/mol. The summed E-state index contributed by atoms with van der Waals surface area (Å²) in [5, 5.41) is 7.06. The summed E-state index contributed by atoms with van der Waals surface area (Å²) in [6, 6.07) is 0.111. The molecular formula is C18H30N4O3. The molecule has 1 fully saturated rings. The predicted molar refractivity (Wildman–Crippen MR) is 95.6 cm³/mol. The molecule has 140 valence electrons. The van der Waals surface area contributed by atoms with Crippen LogP contribution in [0.3, 0.4) is 0 Å². The van der Waals surface area contributed by atoms with Crippen molar-refractivity contribution in [3.63, 3.8) is 0 Å². The van der Waals surface area contributed by atoms with Gasteiger partial charge in [0.2, 0.25) is 0 Å². The van der Waals surface area contributed by atoms with E-state index in [1.807, 2.05) is 34.6 Å². The lowest BCUT2D eigenvalue weighted by molar-refractivity contribution is 0.0197. The standard InChI is InChI=1S/C18H30N4O3/c1-12(2)21(6)16(23)14-10-19-20-15(14)13-8-7-9-22(11-13)17(24)25-18(3,4)5/h10,12-13H,7-9,11H2,1-6H3,(H,19,20)/t13-/m0/s1. The van der Waals surface area contributed by atoms with Crippen molar-refractivity contribution < 1.29 is 14.3 Å². The number of rotatable bonds is 3. The largest absolute Gasteiger partial charge is 0.444 e. The topological polar surface area (TPSA) is 78.5 Å². The van der Waals surface area contributed by atoms with E-state index in [1.165, 1.54) is 0 Å². The highest BCUT2D eigenvalue weighted by Gasteiger charge is 2.32. The Bertz CT molecular complexity index is 618. The van der Waals surface area contributed by atoms with Gasteiger partial charge in [-0.15, -0.1) is 0 Å². The van der Waals surface area contributed by atoms with Gasteiger partial charge in [0.05, 0.1) is 17.5 Å². The average Bonchev–Trinajstić information content (AvgIpc) is 3.01. The summed E-state index contributed by atoms with van der Waals surface area (Å²) in [4.78, 5) is 28.4. The first-order valence-electron chi connectivity index (χ1n) is 8.88. The lowest BCUT2D eigenvalue weighted by atomic mass is 9.92. The number of amides is 2. The number of ether oxygens (including phenoxy) is 1. The molecule has 1 aliphatic heterocycles. The van der Waals surface area contributed by atoms with E-state index in [-0.39, 0.29) is 24.0 Å². The maximum absolute atomic E-state index is 12.7. The first kappa shape index (κ1) is 19.3. The van der Waals surface area contributed by atoms with Crippen molar-refractivity contribution in [2.45, 2.75) is 65.0 Å². The molecule has 1 saturated heterocycles. The third kappa shape index (κ3) is 4.74. The van der Waals surface area contributed by atoms with Gasteiger partial charge in [0.1, 0.15) is 5.60 Å². The van der Waals surface area contributed by atoms with Crippen LogP contribution in [0.4, 0.5) is 4.79 Å². The Labute approximate surface area is 149 Å². The third-order valence-corrected chi connectivity index (χ3v) is 4.48. The number of likely N-dealkylation sites (tertiary alicyclic amines) is 1. The van der Waals surface area contributed by atoms with Gasteiger partial charge >= 0.3 is 6.09 Å². The van der Waals surface area contributed by atoms with E-state index in [9.17, 15) is 9.59 Å². The zero-order valence-electron chi connectivity index (χ0n) is 16.1. The molecule has 1 aliphatic rings. The molecule has 7 nitrogen and oxygen atoms in total. The van der Waals surface area contributed by atoms with Crippen molar-refractivity contribution in [1.82, 2.24) is 20.0 Å². The summed E-state index contributed by atoms with van der Waals surface area (Å²) in [6.07, 6.45) is 3.07. The Hall–Kier alpha value is -2.05. The van der Waals surface area contributed by atoms with Crippen LogP contribution >= 0.6 is 0 Å². The van der Waals surface area contributed by atoms with Crippen LogP contribution < -0.4 is 0 Å². The van der Waals surface area contributed by atoms with Gasteiger partial charge in [-0.1, -0.05) is 0 Å². The number of aromatic nitrogens is 2. The van der Waals surface area contributed by atoms with E-state index in [0.717, 1.165) is 18.5 Å². The maximum Gasteiger partial charge on any atom is 0.410 e. The van der Waals surface area contributed by atoms with Crippen LogP contribution in [-0.2, 0) is 4.74 Å². The Morgan fingerprint density at radius 1 is 1.40 bits per heavy atom. The monoisotopic (exact) mass is 350 g/mol. The van der Waals surface area contributed by atoms with Crippen LogP contribution in [-0.4, -0.2) is 63.8 Å². The van der Waals surface area contributed by atoms with Crippen LogP contribution in [0.5, 0.6) is 0 Å². The first-order chi connectivity index (χ1) is 11.6. The molecule has 0 radical (unpaired) electrons. The quantitative estimate of drug-likeness (QED) is 0.909. The van der Waals surface area contributed by atoms with Gasteiger partial charge in [-0.2, -0.15) is 5.10 Å². The van der Waals surface area contributed by atoms with Gasteiger partial charge in [-0.05, 0) is 47.5 Å². The lowest BCUT2D eigenvalue weighted by Gasteiger charge is -2.34. The van der Waals surface area contributed by atoms with Gasteiger partial charge in [0.25, 0.3) is 5.91 Å². The molecule has 1 N–H and O–H groups in total. The highest BCUT2D eigenvalue weighted by Crippen LogP contribution is 2.29. The summed E-state index contributed by atoms with van der Waals surface area (Å²) >= 11 is 0. The van der Waals surface area contributed by atoms with Crippen LogP contribution in [0.1, 0.15) is 69.4 Å². The van der Waals surface area contributed by atoms with E-state index >= 15 is 0 Å². The second-order valence-electron chi connectivity index (χ2n) is 7.97. The first-order valence-corrected chi connectivity index (χ1v) is 8.88. The minimum absolute atomic E-state index is 0.0480. The molecule has 0 aromatic carbocycles. The molecule has 2 rings (SSSR count). The number of carbonyl (C=O) groups excluding carboxylic acids is 2. The van der Waals surface area contributed by atoms with Crippen molar-refractivity contribution in [2.75, 3.05) is 20.1 Å². The highest BCUT2D eigenvalue weighted by molar-refractivity contribution is 5.95. The summed E-state index contributed by atoms with van der Waals surface area (Å²) in [5.74, 6) is 0.0106. The molecule has 0 saturated carbocycles. The Kier molecular flexibility index (Phi) is 5.75. The summed E-state index contributed by atoms with van der Waals surface area (Å²) in [7, 11) is 1.79. The normalized spacial score (nSPS) is 18.4. The fraction of sp³-hybridized carbons (Fsp3) is 0.722. The molecule has 1 aromatic heterocycles. The summed E-state index contributed by atoms with van der Waals surface area (Å²) in [6.45, 7) is 10.7. The maximum atomic E-state index is 12.7. The van der Waals surface area contributed by atoms with Gasteiger partial charge in [-0.3, -0.25) is 9.89 Å². The Morgan fingerprint density at radius 3 is 2.68 bits per heavy atom. The minimum atomic E-state index is -0.515. The number of nitrogens with zero attached hydrogens (tertiary/aromatic N) is 3. The molecule has 0 unspecified atom stereocenters. The zero-order valence-corrected chi connectivity index (χ0v) is 16.1. The van der Waals surface area contributed by atoms with Crippen molar-refractivity contribution in [1.29, 1.82) is 0 Å². The van der Waals surface area contributed by atoms with E-state index in [0.29, 0.717) is 18.7 Å². The second-order valence-corrected chi connectivity index (χ2v) is 7.97. The molecule has 7 heteroatoms. The minimum Gasteiger partial charge on any atom is -0.444 e. The van der Waals surface area contributed by atoms with E-state index in [1.54, 1.807) is 23.0 Å². The smallest absolute Gasteiger partial charge is 0.410 e. The number of hydrogen-bond donors (Lipinski definition) is 1. The van der Waals surface area contributed by atoms with Crippen LogP contribution in [0.15, 0.2) is 6.20 Å². The van der Waals surface area contributed by atoms with Gasteiger partial charge < -0.3 is 14.5 Å². The van der Waals surface area contributed by atoms with Crippen molar-refractivity contribution in [2.24, 2.45) is 0 Å². The molecule has 0 spiro atoms. The van der Waals surface area contributed by atoms with Gasteiger partial charge in [0, 0.05) is 32.1 Å². The van der Waals surface area contributed by atoms with Gasteiger partial charge in [-0.25, -0.2) is 4.79 Å². The Balaban J connectivity index is 2.13. The molecule has 2 heterocycles. The van der Waals surface area contributed by atoms with Crippen molar-refractivity contribution >= 4 is 12.0 Å². The lowest BCUT2D eigenvalue weighted by Crippen LogP contribution is -2.42. The fourth-order valence-corrected chi connectivity index (χ4v) is 2.91. The third-order valence-electron chi connectivity index (χ3n) is 4.48. The summed E-state index contributed by atoms with van der Waals surface area (Å²) < 4.78 is 5.48. The van der Waals surface area contributed by atoms with Crippen LogP contribution in [0, 0.1) is 0 Å². The van der Waals surface area contributed by atoms with Crippen LogP contribution in [0.25, 0.3) is 0 Å². The van der Waals surface area contributed by atoms with E-state index in [4.69, 9.17) is 4.74 Å². The number of carbonyl (C=O) groups is 2. The highest BCUT2D eigenvalue weighted by atomic mass is 16.6. The van der Waals surface area contributed by atoms with Crippen molar-refractivity contribution in [3.8, 4) is 0 Å². The number of H-pyrrole nitrogens is 1. The Morgan fingerprint density at radius 2 is 2.08 bits per heavy atom. The number of hydrogen-bond acceptors (Lipinski definition) is 4. The molecule has 1 atom stereocenters. The fourth-order valence-electron chi connectivity index (χ4n) is 2.91. The molecule has 1 aromatic rings.